The van der Waals surface area contributed by atoms with Gasteiger partial charge in [-0.25, -0.2) is 4.98 Å². The molecule has 3 nitrogen and oxygen atoms in total. The van der Waals surface area contributed by atoms with Gasteiger partial charge in [-0.2, -0.15) is 0 Å². The molecule has 0 radical (unpaired) electrons. The third-order valence-electron chi connectivity index (χ3n) is 3.76. The first-order chi connectivity index (χ1) is 8.27. The highest BCUT2D eigenvalue weighted by molar-refractivity contribution is 5.33. The van der Waals surface area contributed by atoms with Crippen molar-refractivity contribution in [3.8, 4) is 0 Å². The lowest BCUT2D eigenvalue weighted by molar-refractivity contribution is 0.365. The number of hydrogen-bond donors (Lipinski definition) is 1. The Morgan fingerprint density at radius 3 is 2.94 bits per heavy atom. The number of rotatable bonds is 1. The number of hydrogen-bond acceptors (Lipinski definition) is 2. The largest absolute Gasteiger partial charge is 0.330 e. The predicted molar refractivity (Wildman–Crippen MR) is 67.7 cm³/mol. The molecule has 0 saturated heterocycles. The summed E-state index contributed by atoms with van der Waals surface area (Å²) in [5, 5.41) is 0. The number of aromatic nitrogens is 2. The van der Waals surface area contributed by atoms with E-state index in [-0.39, 0.29) is 6.04 Å². The lowest BCUT2D eigenvalue weighted by atomic mass is 9.84. The molecule has 2 N–H and O–H groups in total. The van der Waals surface area contributed by atoms with Crippen LogP contribution in [0.5, 0.6) is 0 Å². The maximum Gasteiger partial charge on any atom is 0.105 e. The topological polar surface area (TPSA) is 43.8 Å². The van der Waals surface area contributed by atoms with E-state index in [0.29, 0.717) is 6.04 Å². The average Bonchev–Trinajstić information content (AvgIpc) is 2.76. The van der Waals surface area contributed by atoms with Gasteiger partial charge in [-0.15, -0.1) is 0 Å². The minimum Gasteiger partial charge on any atom is -0.330 e. The maximum atomic E-state index is 6.40. The molecule has 1 aliphatic carbocycles. The standard InChI is InChI=1S/C14H17N3/c1-10-16-8-9-17(10)13-7-6-11-4-2-3-5-12(11)14(13)15/h2-5,8-9,13-14H,6-7,15H2,1H3. The number of aryl methyl sites for hydroxylation is 2. The van der Waals surface area contributed by atoms with Crippen molar-refractivity contribution in [2.75, 3.05) is 0 Å². The molecule has 1 aromatic carbocycles. The Balaban J connectivity index is 2.00. The van der Waals surface area contributed by atoms with Crippen LogP contribution in [0.1, 0.15) is 35.5 Å². The smallest absolute Gasteiger partial charge is 0.105 e. The number of fused-ring (bicyclic) bond motifs is 1. The molecule has 0 bridgehead atoms. The third-order valence-corrected chi connectivity index (χ3v) is 3.76. The molecule has 3 heteroatoms. The molecular weight excluding hydrogens is 210 g/mol. The van der Waals surface area contributed by atoms with Crippen molar-refractivity contribution < 1.29 is 0 Å². The Bertz CT molecular complexity index is 530. The molecule has 0 aliphatic heterocycles. The van der Waals surface area contributed by atoms with Gasteiger partial charge in [0.1, 0.15) is 5.82 Å². The van der Waals surface area contributed by atoms with Crippen molar-refractivity contribution in [2.45, 2.75) is 31.8 Å². The summed E-state index contributed by atoms with van der Waals surface area (Å²) in [4.78, 5) is 4.29. The van der Waals surface area contributed by atoms with Crippen LogP contribution < -0.4 is 5.73 Å². The van der Waals surface area contributed by atoms with Gasteiger partial charge in [0.05, 0.1) is 12.1 Å². The minimum atomic E-state index is 0.0767. The molecule has 1 aromatic heterocycles. The van der Waals surface area contributed by atoms with E-state index in [2.05, 4.69) is 33.8 Å². The number of nitrogens with zero attached hydrogens (tertiary/aromatic N) is 2. The van der Waals surface area contributed by atoms with Gasteiger partial charge in [0.25, 0.3) is 0 Å². The highest BCUT2D eigenvalue weighted by atomic mass is 15.1. The lowest BCUT2D eigenvalue weighted by Crippen LogP contribution is -2.29. The summed E-state index contributed by atoms with van der Waals surface area (Å²) in [6.07, 6.45) is 6.08. The van der Waals surface area contributed by atoms with E-state index in [4.69, 9.17) is 5.73 Å². The summed E-state index contributed by atoms with van der Waals surface area (Å²) in [5.74, 6) is 1.05. The van der Waals surface area contributed by atoms with Crippen molar-refractivity contribution in [1.29, 1.82) is 0 Å². The Morgan fingerprint density at radius 1 is 1.35 bits per heavy atom. The second kappa shape index (κ2) is 4.00. The van der Waals surface area contributed by atoms with Gasteiger partial charge in [-0.1, -0.05) is 24.3 Å². The van der Waals surface area contributed by atoms with Crippen molar-refractivity contribution in [2.24, 2.45) is 5.73 Å². The van der Waals surface area contributed by atoms with E-state index >= 15 is 0 Å². The van der Waals surface area contributed by atoms with Gasteiger partial charge in [-0.05, 0) is 30.9 Å². The van der Waals surface area contributed by atoms with Gasteiger partial charge in [0.2, 0.25) is 0 Å². The van der Waals surface area contributed by atoms with Crippen LogP contribution in [0, 0.1) is 6.92 Å². The van der Waals surface area contributed by atoms with E-state index < -0.39 is 0 Å². The highest BCUT2D eigenvalue weighted by Gasteiger charge is 2.28. The molecule has 88 valence electrons. The SMILES string of the molecule is Cc1nccn1C1CCc2ccccc2C1N. The van der Waals surface area contributed by atoms with Crippen LogP contribution in [0.2, 0.25) is 0 Å². The van der Waals surface area contributed by atoms with Gasteiger partial charge in [-0.3, -0.25) is 0 Å². The average molecular weight is 227 g/mol. The number of nitrogens with two attached hydrogens (primary N) is 1. The van der Waals surface area contributed by atoms with E-state index in [1.165, 1.54) is 11.1 Å². The van der Waals surface area contributed by atoms with Crippen LogP contribution in [-0.4, -0.2) is 9.55 Å². The summed E-state index contributed by atoms with van der Waals surface area (Å²) < 4.78 is 2.21. The van der Waals surface area contributed by atoms with E-state index in [0.717, 1.165) is 18.7 Å². The fourth-order valence-corrected chi connectivity index (χ4v) is 2.83. The van der Waals surface area contributed by atoms with Crippen molar-refractivity contribution >= 4 is 0 Å². The van der Waals surface area contributed by atoms with Crippen molar-refractivity contribution in [1.82, 2.24) is 9.55 Å². The van der Waals surface area contributed by atoms with Crippen LogP contribution in [0.4, 0.5) is 0 Å². The van der Waals surface area contributed by atoms with Crippen LogP contribution in [-0.2, 0) is 6.42 Å². The van der Waals surface area contributed by atoms with Crippen molar-refractivity contribution in [3.63, 3.8) is 0 Å². The number of imidazole rings is 1. The van der Waals surface area contributed by atoms with E-state index in [1.807, 2.05) is 19.3 Å². The first kappa shape index (κ1) is 10.5. The monoisotopic (exact) mass is 227 g/mol. The molecule has 3 rings (SSSR count). The van der Waals surface area contributed by atoms with Gasteiger partial charge in [0.15, 0.2) is 0 Å². The summed E-state index contributed by atoms with van der Waals surface area (Å²) in [5.41, 5.74) is 9.09. The summed E-state index contributed by atoms with van der Waals surface area (Å²) in [6.45, 7) is 2.03. The Hall–Kier alpha value is -1.61. The third kappa shape index (κ3) is 1.67. The zero-order chi connectivity index (χ0) is 11.8. The van der Waals surface area contributed by atoms with E-state index in [9.17, 15) is 0 Å². The molecule has 2 atom stereocenters. The second-order valence-electron chi connectivity index (χ2n) is 4.71. The zero-order valence-electron chi connectivity index (χ0n) is 10.0. The Labute approximate surface area is 101 Å². The summed E-state index contributed by atoms with van der Waals surface area (Å²) in [7, 11) is 0. The predicted octanol–water partition coefficient (Wildman–Crippen LogP) is 2.38. The van der Waals surface area contributed by atoms with Crippen LogP contribution in [0.15, 0.2) is 36.7 Å². The molecular formula is C14H17N3. The molecule has 2 unspecified atom stereocenters. The maximum absolute atomic E-state index is 6.40. The molecule has 1 heterocycles. The molecule has 0 spiro atoms. The summed E-state index contributed by atoms with van der Waals surface area (Å²) in [6, 6.07) is 8.92. The molecule has 0 amide bonds. The van der Waals surface area contributed by atoms with E-state index in [1.54, 1.807) is 0 Å². The normalized spacial score (nSPS) is 23.4. The van der Waals surface area contributed by atoms with Crippen LogP contribution >= 0.6 is 0 Å². The molecule has 0 fully saturated rings. The summed E-state index contributed by atoms with van der Waals surface area (Å²) >= 11 is 0. The quantitative estimate of drug-likeness (QED) is 0.813. The fourth-order valence-electron chi connectivity index (χ4n) is 2.83. The second-order valence-corrected chi connectivity index (χ2v) is 4.71. The first-order valence-corrected chi connectivity index (χ1v) is 6.10. The highest BCUT2D eigenvalue weighted by Crippen LogP contribution is 2.36. The van der Waals surface area contributed by atoms with Crippen LogP contribution in [0.25, 0.3) is 0 Å². The molecule has 1 aliphatic rings. The van der Waals surface area contributed by atoms with Gasteiger partial charge < -0.3 is 10.3 Å². The molecule has 0 saturated carbocycles. The van der Waals surface area contributed by atoms with Crippen molar-refractivity contribution in [3.05, 3.63) is 53.6 Å². The fraction of sp³-hybridized carbons (Fsp3) is 0.357. The Kier molecular flexibility index (Phi) is 2.48. The zero-order valence-corrected chi connectivity index (χ0v) is 10.0. The lowest BCUT2D eigenvalue weighted by Gasteiger charge is -2.32. The minimum absolute atomic E-state index is 0.0767. The van der Waals surface area contributed by atoms with Crippen LogP contribution in [0.3, 0.4) is 0 Å². The molecule has 2 aromatic rings. The Morgan fingerprint density at radius 2 is 2.18 bits per heavy atom. The first-order valence-electron chi connectivity index (χ1n) is 6.10. The molecule has 17 heavy (non-hydrogen) atoms. The number of benzene rings is 1. The van der Waals surface area contributed by atoms with Gasteiger partial charge >= 0.3 is 0 Å². The van der Waals surface area contributed by atoms with Gasteiger partial charge in [0, 0.05) is 12.4 Å².